The van der Waals surface area contributed by atoms with Crippen LogP contribution < -0.4 is 14.9 Å². The van der Waals surface area contributed by atoms with Crippen LogP contribution in [-0.2, 0) is 11.2 Å². The Morgan fingerprint density at radius 1 is 1.27 bits per heavy atom. The number of carbonyl (C=O) groups is 1. The molecule has 0 amide bonds. The van der Waals surface area contributed by atoms with Crippen LogP contribution in [0.4, 0.5) is 0 Å². The number of ether oxygens (including phenoxy) is 1. The van der Waals surface area contributed by atoms with Crippen LogP contribution >= 0.6 is 12.4 Å². The van der Waals surface area contributed by atoms with Crippen LogP contribution in [-0.4, -0.2) is 44.1 Å². The molecule has 1 N–H and O–H groups in total. The Kier molecular flexibility index (Phi) is 8.24. The van der Waals surface area contributed by atoms with E-state index >= 15 is 0 Å². The molecule has 22 heavy (non-hydrogen) atoms. The maximum atomic E-state index is 11.1. The minimum absolute atomic E-state index is 0. The molecule has 0 aromatic heterocycles. The van der Waals surface area contributed by atoms with Gasteiger partial charge in [-0.05, 0) is 44.0 Å². The van der Waals surface area contributed by atoms with Crippen LogP contribution in [0, 0.1) is 0 Å². The van der Waals surface area contributed by atoms with Crippen LogP contribution in [0.15, 0.2) is 18.2 Å². The molecule has 0 bridgehead atoms. The molecule has 0 aliphatic carbocycles. The van der Waals surface area contributed by atoms with Crippen molar-refractivity contribution in [1.82, 2.24) is 10.4 Å². The average Bonchev–Trinajstić information content (AvgIpc) is 2.74. The molecule has 0 spiro atoms. The number of nitrogens with one attached hydrogen (secondary N) is 1. The highest BCUT2D eigenvalue weighted by molar-refractivity contribution is 5.85. The molecular formula is C16H25ClN2O3. The number of hydroxylamine groups is 2. The van der Waals surface area contributed by atoms with E-state index in [0.717, 1.165) is 50.3 Å². The van der Waals surface area contributed by atoms with Crippen molar-refractivity contribution in [2.45, 2.75) is 26.2 Å². The molecule has 2 rings (SSSR count). The monoisotopic (exact) mass is 328 g/mol. The van der Waals surface area contributed by atoms with Crippen LogP contribution in [0.5, 0.6) is 11.5 Å². The van der Waals surface area contributed by atoms with Gasteiger partial charge in [0.25, 0.3) is 0 Å². The summed E-state index contributed by atoms with van der Waals surface area (Å²) < 4.78 is 5.41. The molecule has 1 aliphatic heterocycles. The summed E-state index contributed by atoms with van der Waals surface area (Å²) in [7, 11) is 1.64. The molecule has 0 atom stereocenters. The van der Waals surface area contributed by atoms with Crippen LogP contribution in [0.2, 0.25) is 0 Å². The van der Waals surface area contributed by atoms with Gasteiger partial charge in [-0.15, -0.1) is 17.5 Å². The first kappa shape index (κ1) is 18.7. The fraction of sp³-hybridized carbons (Fsp3) is 0.562. The van der Waals surface area contributed by atoms with Gasteiger partial charge in [-0.2, -0.15) is 0 Å². The zero-order chi connectivity index (χ0) is 15.1. The number of carbonyl (C=O) groups excluding carboxylic acids is 1. The second-order valence-electron chi connectivity index (χ2n) is 5.31. The van der Waals surface area contributed by atoms with E-state index in [4.69, 9.17) is 9.57 Å². The van der Waals surface area contributed by atoms with Crippen LogP contribution in [0.25, 0.3) is 0 Å². The fourth-order valence-electron chi connectivity index (χ4n) is 2.31. The number of hydrogen-bond acceptors (Lipinski definition) is 5. The summed E-state index contributed by atoms with van der Waals surface area (Å²) >= 11 is 0. The number of rotatable bonds is 6. The minimum Gasteiger partial charge on any atom is -0.493 e. The highest BCUT2D eigenvalue weighted by Crippen LogP contribution is 2.29. The van der Waals surface area contributed by atoms with E-state index in [2.05, 4.69) is 5.32 Å². The number of ketones is 1. The van der Waals surface area contributed by atoms with Gasteiger partial charge in [-0.1, -0.05) is 6.07 Å². The van der Waals surface area contributed by atoms with Gasteiger partial charge in [-0.3, -0.25) is 0 Å². The molecule has 124 valence electrons. The molecule has 5 nitrogen and oxygen atoms in total. The second kappa shape index (κ2) is 9.66. The summed E-state index contributed by atoms with van der Waals surface area (Å²) in [6.45, 7) is 5.33. The van der Waals surface area contributed by atoms with E-state index in [0.29, 0.717) is 12.2 Å². The van der Waals surface area contributed by atoms with Crippen LogP contribution in [0.1, 0.15) is 25.3 Å². The Labute approximate surface area is 138 Å². The Bertz CT molecular complexity index is 474. The first-order valence-corrected chi connectivity index (χ1v) is 7.49. The Morgan fingerprint density at radius 3 is 2.82 bits per heavy atom. The van der Waals surface area contributed by atoms with Gasteiger partial charge in [0.1, 0.15) is 5.78 Å². The van der Waals surface area contributed by atoms with Gasteiger partial charge in [0.05, 0.1) is 7.11 Å². The molecule has 1 fully saturated rings. The van der Waals surface area contributed by atoms with Crippen molar-refractivity contribution in [3.05, 3.63) is 23.8 Å². The van der Waals surface area contributed by atoms with Crippen molar-refractivity contribution in [1.29, 1.82) is 0 Å². The minimum atomic E-state index is 0. The fourth-order valence-corrected chi connectivity index (χ4v) is 2.31. The van der Waals surface area contributed by atoms with E-state index < -0.39 is 0 Å². The lowest BCUT2D eigenvalue weighted by Gasteiger charge is -2.21. The smallest absolute Gasteiger partial charge is 0.189 e. The predicted octanol–water partition coefficient (Wildman–Crippen LogP) is 2.23. The summed E-state index contributed by atoms with van der Waals surface area (Å²) in [5.41, 5.74) is 1.09. The van der Waals surface area contributed by atoms with E-state index in [-0.39, 0.29) is 18.2 Å². The lowest BCUT2D eigenvalue weighted by Crippen LogP contribution is -2.31. The van der Waals surface area contributed by atoms with Gasteiger partial charge < -0.3 is 19.7 Å². The van der Waals surface area contributed by atoms with Gasteiger partial charge in [0, 0.05) is 26.1 Å². The standard InChI is InChI=1S/C16H24N2O3.ClH/c1-13(19)4-5-14-6-7-15(16(12-14)20-2)21-18-10-3-8-17-9-11-18;/h6-7,12,17H,3-5,8-11H2,1-2H3;1H. The Morgan fingerprint density at radius 2 is 2.09 bits per heavy atom. The maximum absolute atomic E-state index is 11.1. The molecular weight excluding hydrogens is 304 g/mol. The zero-order valence-electron chi connectivity index (χ0n) is 13.3. The van der Waals surface area contributed by atoms with Crippen molar-refractivity contribution in [3.8, 4) is 11.5 Å². The number of benzene rings is 1. The molecule has 6 heteroatoms. The van der Waals surface area contributed by atoms with Crippen molar-refractivity contribution in [3.63, 3.8) is 0 Å². The summed E-state index contributed by atoms with van der Waals surface area (Å²) in [6.07, 6.45) is 2.36. The normalized spacial score (nSPS) is 15.5. The van der Waals surface area contributed by atoms with Gasteiger partial charge in [0.15, 0.2) is 11.5 Å². The lowest BCUT2D eigenvalue weighted by atomic mass is 10.1. The first-order valence-electron chi connectivity index (χ1n) is 7.49. The highest BCUT2D eigenvalue weighted by atomic mass is 35.5. The largest absolute Gasteiger partial charge is 0.493 e. The lowest BCUT2D eigenvalue weighted by molar-refractivity contribution is -0.116. The third kappa shape index (κ3) is 5.83. The Balaban J connectivity index is 0.00000242. The van der Waals surface area contributed by atoms with Crippen molar-refractivity contribution in [2.24, 2.45) is 0 Å². The molecule has 0 radical (unpaired) electrons. The summed E-state index contributed by atoms with van der Waals surface area (Å²) in [6, 6.07) is 5.87. The SMILES string of the molecule is COc1cc(CCC(C)=O)ccc1ON1CCCNCC1.Cl. The topological polar surface area (TPSA) is 50.8 Å². The number of nitrogens with zero attached hydrogens (tertiary/aromatic N) is 1. The number of methoxy groups -OCH3 is 1. The maximum Gasteiger partial charge on any atom is 0.189 e. The van der Waals surface area contributed by atoms with E-state index in [1.807, 2.05) is 23.3 Å². The molecule has 0 saturated carbocycles. The van der Waals surface area contributed by atoms with E-state index in [9.17, 15) is 4.79 Å². The molecule has 1 saturated heterocycles. The molecule has 1 aromatic rings. The number of aryl methyl sites for hydroxylation is 1. The average molecular weight is 329 g/mol. The third-order valence-electron chi connectivity index (χ3n) is 3.52. The van der Waals surface area contributed by atoms with Gasteiger partial charge in [0.2, 0.25) is 0 Å². The summed E-state index contributed by atoms with van der Waals surface area (Å²) in [5, 5.41) is 5.31. The Hall–Kier alpha value is -1.30. The van der Waals surface area contributed by atoms with Crippen LogP contribution in [0.3, 0.4) is 0 Å². The number of halogens is 1. The predicted molar refractivity (Wildman–Crippen MR) is 88.9 cm³/mol. The number of Topliss-reactive ketones (excluding diaryl/α,β-unsaturated/α-hetero) is 1. The zero-order valence-corrected chi connectivity index (χ0v) is 14.1. The molecule has 1 aliphatic rings. The summed E-state index contributed by atoms with van der Waals surface area (Å²) in [4.78, 5) is 17.0. The van der Waals surface area contributed by atoms with Gasteiger partial charge >= 0.3 is 0 Å². The van der Waals surface area contributed by atoms with Crippen molar-refractivity contribution >= 4 is 18.2 Å². The van der Waals surface area contributed by atoms with E-state index in [1.165, 1.54) is 0 Å². The molecule has 0 unspecified atom stereocenters. The second-order valence-corrected chi connectivity index (χ2v) is 5.31. The van der Waals surface area contributed by atoms with Crippen molar-refractivity contribution < 1.29 is 14.4 Å². The summed E-state index contributed by atoms with van der Waals surface area (Å²) in [5.74, 6) is 1.64. The van der Waals surface area contributed by atoms with E-state index in [1.54, 1.807) is 14.0 Å². The quantitative estimate of drug-likeness (QED) is 0.868. The number of hydrogen-bond donors (Lipinski definition) is 1. The van der Waals surface area contributed by atoms with Gasteiger partial charge in [-0.25, -0.2) is 0 Å². The third-order valence-corrected chi connectivity index (χ3v) is 3.52. The highest BCUT2D eigenvalue weighted by Gasteiger charge is 2.13. The molecule has 1 aromatic carbocycles. The molecule has 1 heterocycles. The van der Waals surface area contributed by atoms with Crippen molar-refractivity contribution in [2.75, 3.05) is 33.3 Å². The first-order chi connectivity index (χ1) is 10.2.